The van der Waals surface area contributed by atoms with Crippen LogP contribution in [0.4, 0.5) is 0 Å². The largest absolute Gasteiger partial charge is 0.356 e. The van der Waals surface area contributed by atoms with Gasteiger partial charge in [0.2, 0.25) is 11.8 Å². The van der Waals surface area contributed by atoms with Crippen molar-refractivity contribution in [3.8, 4) is 0 Å². The molecule has 0 bridgehead atoms. The Labute approximate surface area is 193 Å². The minimum Gasteiger partial charge on any atom is -0.356 e. The van der Waals surface area contributed by atoms with Crippen molar-refractivity contribution in [1.29, 1.82) is 0 Å². The fourth-order valence-corrected chi connectivity index (χ4v) is 3.04. The topological polar surface area (TPSA) is 208 Å². The highest BCUT2D eigenvalue weighted by Crippen LogP contribution is 2.14. The van der Waals surface area contributed by atoms with Crippen LogP contribution in [-0.2, 0) is 38.4 Å². The fourth-order valence-electron chi connectivity index (χ4n) is 3.04. The van der Waals surface area contributed by atoms with Crippen molar-refractivity contribution in [3.05, 3.63) is 22.6 Å². The van der Waals surface area contributed by atoms with Crippen molar-refractivity contribution < 1.29 is 38.4 Å². The first-order valence-electron chi connectivity index (χ1n) is 10.4. The van der Waals surface area contributed by atoms with Crippen LogP contribution in [0.2, 0.25) is 0 Å². The molecule has 0 aromatic rings. The summed E-state index contributed by atoms with van der Waals surface area (Å²) in [7, 11) is 0. The van der Waals surface area contributed by atoms with Gasteiger partial charge in [0.05, 0.1) is 0 Å². The maximum atomic E-state index is 12.6. The van der Waals surface area contributed by atoms with Crippen LogP contribution in [0, 0.1) is 0 Å². The van der Waals surface area contributed by atoms with E-state index in [9.17, 15) is 33.6 Å². The van der Waals surface area contributed by atoms with Crippen molar-refractivity contribution in [1.82, 2.24) is 20.6 Å². The highest BCUT2D eigenvalue weighted by molar-refractivity contribution is 6.13. The first-order chi connectivity index (χ1) is 16.2. The summed E-state index contributed by atoms with van der Waals surface area (Å²) in [6, 6.07) is -1.23. The second-order valence-corrected chi connectivity index (χ2v) is 7.26. The molecule has 1 atom stereocenters. The van der Waals surface area contributed by atoms with Crippen molar-refractivity contribution >= 4 is 41.4 Å². The molecule has 0 unspecified atom stereocenters. The van der Waals surface area contributed by atoms with Gasteiger partial charge >= 0.3 is 5.97 Å². The summed E-state index contributed by atoms with van der Waals surface area (Å²) in [5.41, 5.74) is 8.19. The maximum Gasteiger partial charge on any atom is 0.355 e. The Balaban J connectivity index is 1.88. The molecule has 0 saturated carbocycles. The Kier molecular flexibility index (Phi) is 9.71. The smallest absolute Gasteiger partial charge is 0.355 e. The van der Waals surface area contributed by atoms with Gasteiger partial charge < -0.3 is 15.5 Å². The first kappa shape index (κ1) is 26.0. The van der Waals surface area contributed by atoms with Gasteiger partial charge in [0, 0.05) is 49.4 Å². The summed E-state index contributed by atoms with van der Waals surface area (Å²) in [5, 5.41) is 8.43. The Morgan fingerprint density at radius 3 is 2.32 bits per heavy atom. The normalized spacial score (nSPS) is 15.9. The monoisotopic (exact) mass is 477 g/mol. The van der Waals surface area contributed by atoms with E-state index in [1.165, 1.54) is 0 Å². The molecular formula is C19H23N7O8. The number of carbonyl (C=O) groups excluding carboxylic acids is 7. The van der Waals surface area contributed by atoms with E-state index in [1.54, 1.807) is 0 Å². The van der Waals surface area contributed by atoms with Crippen molar-refractivity contribution in [2.75, 3.05) is 19.6 Å². The zero-order valence-electron chi connectivity index (χ0n) is 18.1. The van der Waals surface area contributed by atoms with Crippen LogP contribution in [0.15, 0.2) is 17.3 Å². The molecule has 2 N–H and O–H groups in total. The molecule has 2 rings (SSSR count). The van der Waals surface area contributed by atoms with E-state index in [4.69, 9.17) is 10.4 Å². The standard InChI is InChI=1S/C19H23N7O8/c20-24-22-11-14(28)21-9-2-1-3-12(19(33)34-26-17(31)6-7-18(26)32)23-13(27)8-10-25-15(29)4-5-16(25)30/h4-5,12H,1-3,6-11H2,(H,21,28)(H,23,27)/t12-/m0/s1. The molecule has 6 amide bonds. The molecule has 2 aliphatic heterocycles. The van der Waals surface area contributed by atoms with Crippen LogP contribution in [0.25, 0.3) is 10.4 Å². The molecule has 182 valence electrons. The number of nitrogens with zero attached hydrogens (tertiary/aromatic N) is 5. The van der Waals surface area contributed by atoms with Crippen molar-refractivity contribution in [3.63, 3.8) is 0 Å². The van der Waals surface area contributed by atoms with Gasteiger partial charge in [0.15, 0.2) is 0 Å². The second kappa shape index (κ2) is 12.7. The van der Waals surface area contributed by atoms with Crippen LogP contribution >= 0.6 is 0 Å². The van der Waals surface area contributed by atoms with Gasteiger partial charge in [-0.05, 0) is 24.8 Å². The Bertz CT molecular complexity index is 922. The molecule has 1 saturated heterocycles. The van der Waals surface area contributed by atoms with Crippen molar-refractivity contribution in [2.24, 2.45) is 5.11 Å². The summed E-state index contributed by atoms with van der Waals surface area (Å²) in [6.45, 7) is -0.333. The number of imide groups is 2. The summed E-state index contributed by atoms with van der Waals surface area (Å²) >= 11 is 0. The lowest BCUT2D eigenvalue weighted by Crippen LogP contribution is -2.46. The maximum absolute atomic E-state index is 12.6. The van der Waals surface area contributed by atoms with Gasteiger partial charge in [-0.15, -0.1) is 5.06 Å². The lowest BCUT2D eigenvalue weighted by atomic mass is 10.1. The van der Waals surface area contributed by atoms with Crippen molar-refractivity contribution in [2.45, 2.75) is 44.6 Å². The SMILES string of the molecule is [N-]=[N+]=NCC(=O)NCCCC[C@H](NC(=O)CCN1C(=O)C=CC1=O)C(=O)ON1C(=O)CCC1=O. The highest BCUT2D eigenvalue weighted by Gasteiger charge is 2.35. The summed E-state index contributed by atoms with van der Waals surface area (Å²) < 4.78 is 0. The van der Waals surface area contributed by atoms with Gasteiger partial charge in [-0.2, -0.15) is 0 Å². The van der Waals surface area contributed by atoms with Gasteiger partial charge in [-0.25, -0.2) is 4.79 Å². The first-order valence-corrected chi connectivity index (χ1v) is 10.4. The van der Waals surface area contributed by atoms with E-state index in [1.807, 2.05) is 0 Å². The molecule has 0 aromatic heterocycles. The number of amides is 6. The number of rotatable bonds is 13. The fraction of sp³-hybridized carbons (Fsp3) is 0.526. The third kappa shape index (κ3) is 7.70. The summed E-state index contributed by atoms with van der Waals surface area (Å²) in [5.74, 6) is -4.62. The molecule has 0 spiro atoms. The quantitative estimate of drug-likeness (QED) is 0.110. The molecular weight excluding hydrogens is 454 g/mol. The van der Waals surface area contributed by atoms with Gasteiger partial charge in [-0.1, -0.05) is 5.11 Å². The number of nitrogens with one attached hydrogen (secondary N) is 2. The summed E-state index contributed by atoms with van der Waals surface area (Å²) in [6.07, 6.45) is 2.47. The van der Waals surface area contributed by atoms with E-state index in [-0.39, 0.29) is 45.3 Å². The average Bonchev–Trinajstić information content (AvgIpc) is 3.29. The third-order valence-electron chi connectivity index (χ3n) is 4.79. The predicted octanol–water partition coefficient (Wildman–Crippen LogP) is -1.01. The minimum absolute atomic E-state index is 0.0517. The van der Waals surface area contributed by atoms with Crippen LogP contribution in [0.1, 0.15) is 38.5 Å². The molecule has 34 heavy (non-hydrogen) atoms. The molecule has 15 heteroatoms. The number of hydrogen-bond donors (Lipinski definition) is 2. The number of hydroxylamine groups is 2. The van der Waals surface area contributed by atoms with Gasteiger partial charge in [0.25, 0.3) is 23.6 Å². The van der Waals surface area contributed by atoms with Crippen LogP contribution < -0.4 is 10.6 Å². The molecule has 0 aromatic carbocycles. The van der Waals surface area contributed by atoms with E-state index in [0.717, 1.165) is 17.1 Å². The average molecular weight is 477 g/mol. The molecule has 2 heterocycles. The number of hydrogen-bond acceptors (Lipinski definition) is 9. The van der Waals surface area contributed by atoms with Crippen LogP contribution in [0.5, 0.6) is 0 Å². The Hall–Kier alpha value is -4.26. The van der Waals surface area contributed by atoms with E-state index < -0.39 is 47.5 Å². The molecule has 0 aliphatic carbocycles. The second-order valence-electron chi connectivity index (χ2n) is 7.26. The highest BCUT2D eigenvalue weighted by atomic mass is 16.7. The van der Waals surface area contributed by atoms with Crippen LogP contribution in [0.3, 0.4) is 0 Å². The van der Waals surface area contributed by atoms with Gasteiger partial charge in [-0.3, -0.25) is 33.7 Å². The number of azide groups is 1. The van der Waals surface area contributed by atoms with E-state index in [2.05, 4.69) is 20.7 Å². The van der Waals surface area contributed by atoms with Crippen LogP contribution in [-0.4, -0.2) is 77.1 Å². The van der Waals surface area contributed by atoms with E-state index >= 15 is 0 Å². The van der Waals surface area contributed by atoms with Gasteiger partial charge in [0.1, 0.15) is 12.6 Å². The molecule has 15 nitrogen and oxygen atoms in total. The lowest BCUT2D eigenvalue weighted by Gasteiger charge is -2.21. The Morgan fingerprint density at radius 1 is 1.06 bits per heavy atom. The Morgan fingerprint density at radius 2 is 1.71 bits per heavy atom. The summed E-state index contributed by atoms with van der Waals surface area (Å²) in [4.78, 5) is 91.1. The number of carbonyl (C=O) groups is 7. The number of unbranched alkanes of at least 4 members (excludes halogenated alkanes) is 1. The molecule has 1 fully saturated rings. The zero-order chi connectivity index (χ0) is 25.1. The minimum atomic E-state index is -1.23. The third-order valence-corrected chi connectivity index (χ3v) is 4.79. The lowest BCUT2D eigenvalue weighted by molar-refractivity contribution is -0.199. The molecule has 2 aliphatic rings. The predicted molar refractivity (Wildman–Crippen MR) is 110 cm³/mol. The van der Waals surface area contributed by atoms with E-state index in [0.29, 0.717) is 17.9 Å². The molecule has 0 radical (unpaired) electrons. The zero-order valence-corrected chi connectivity index (χ0v) is 18.1.